The van der Waals surface area contributed by atoms with Gasteiger partial charge in [0.05, 0.1) is 11.8 Å². The molecule has 0 radical (unpaired) electrons. The van der Waals surface area contributed by atoms with Crippen molar-refractivity contribution in [2.45, 2.75) is 46.6 Å². The molecule has 3 aliphatic heterocycles. The predicted octanol–water partition coefficient (Wildman–Crippen LogP) is 3.73. The molecule has 0 saturated heterocycles. The first-order valence-electron chi connectivity index (χ1n) is 10.0. The number of hydrogen-bond donors (Lipinski definition) is 2. The van der Waals surface area contributed by atoms with E-state index in [-0.39, 0.29) is 11.5 Å². The van der Waals surface area contributed by atoms with Gasteiger partial charge in [0.15, 0.2) is 0 Å². The Morgan fingerprint density at radius 1 is 1.00 bits per heavy atom. The maximum Gasteiger partial charge on any atom is 0.0743 e. The summed E-state index contributed by atoms with van der Waals surface area (Å²) < 4.78 is 0. The maximum atomic E-state index is 5.01. The van der Waals surface area contributed by atoms with Gasteiger partial charge >= 0.3 is 0 Å². The van der Waals surface area contributed by atoms with E-state index in [1.165, 1.54) is 16.9 Å². The van der Waals surface area contributed by atoms with Crippen LogP contribution in [0.5, 0.6) is 0 Å². The molecule has 8 bridgehead atoms. The van der Waals surface area contributed by atoms with Crippen LogP contribution in [0.15, 0.2) is 52.1 Å². The zero-order chi connectivity index (χ0) is 19.5. The second kappa shape index (κ2) is 6.06. The average Bonchev–Trinajstić information content (AvgIpc) is 3.41. The van der Waals surface area contributed by atoms with Crippen LogP contribution in [0.3, 0.4) is 0 Å². The number of H-pyrrole nitrogens is 2. The first kappa shape index (κ1) is 17.2. The van der Waals surface area contributed by atoms with E-state index in [4.69, 9.17) is 9.98 Å². The molecule has 5 rings (SSSR count). The molecule has 5 heterocycles. The molecule has 1 unspecified atom stereocenters. The molecule has 0 amide bonds. The van der Waals surface area contributed by atoms with E-state index in [0.717, 1.165) is 46.3 Å². The van der Waals surface area contributed by atoms with Crippen molar-refractivity contribution >= 4 is 28.6 Å². The Morgan fingerprint density at radius 2 is 1.79 bits per heavy atom. The van der Waals surface area contributed by atoms with Gasteiger partial charge in [0, 0.05) is 45.3 Å². The van der Waals surface area contributed by atoms with Crippen LogP contribution >= 0.6 is 0 Å². The van der Waals surface area contributed by atoms with Crippen LogP contribution in [0, 0.1) is 5.41 Å². The number of aromatic amines is 2. The van der Waals surface area contributed by atoms with Gasteiger partial charge in [-0.15, -0.1) is 0 Å². The Labute approximate surface area is 165 Å². The summed E-state index contributed by atoms with van der Waals surface area (Å²) >= 11 is 0. The van der Waals surface area contributed by atoms with E-state index in [2.05, 4.69) is 80.2 Å². The summed E-state index contributed by atoms with van der Waals surface area (Å²) in [5.41, 5.74) is 8.14. The highest BCUT2D eigenvalue weighted by atomic mass is 14.9. The fourth-order valence-electron chi connectivity index (χ4n) is 4.33. The summed E-state index contributed by atoms with van der Waals surface area (Å²) in [4.78, 5) is 17.1. The highest BCUT2D eigenvalue weighted by Gasteiger charge is 2.32. The van der Waals surface area contributed by atoms with Crippen molar-refractivity contribution < 1.29 is 0 Å². The first-order chi connectivity index (χ1) is 13.4. The minimum absolute atomic E-state index is 0.0538. The molecule has 2 aromatic heterocycles. The number of nitrogens with one attached hydrogen (secondary N) is 2. The molecule has 1 atom stereocenters. The molecular weight excluding hydrogens is 344 g/mol. The van der Waals surface area contributed by atoms with Crippen molar-refractivity contribution in [2.24, 2.45) is 15.4 Å². The van der Waals surface area contributed by atoms with E-state index < -0.39 is 0 Å². The third-order valence-corrected chi connectivity index (χ3v) is 6.13. The second-order valence-corrected chi connectivity index (χ2v) is 8.78. The maximum absolute atomic E-state index is 5.01. The van der Waals surface area contributed by atoms with Gasteiger partial charge in [0.25, 0.3) is 0 Å². The predicted molar refractivity (Wildman–Crippen MR) is 117 cm³/mol. The lowest BCUT2D eigenvalue weighted by Gasteiger charge is -2.18. The summed E-state index contributed by atoms with van der Waals surface area (Å²) in [6.45, 7) is 8.85. The Hall–Kier alpha value is -2.88. The lowest BCUT2D eigenvalue weighted by Crippen LogP contribution is -2.17. The summed E-state index contributed by atoms with van der Waals surface area (Å²) in [5.74, 6) is 0. The number of aliphatic imine (C=N–C) groups is 2. The van der Waals surface area contributed by atoms with Gasteiger partial charge in [-0.2, -0.15) is 0 Å². The monoisotopic (exact) mass is 370 g/mol. The zero-order valence-electron chi connectivity index (χ0n) is 16.9. The number of rotatable bonds is 0. The Morgan fingerprint density at radius 3 is 2.61 bits per heavy atom. The lowest BCUT2D eigenvalue weighted by molar-refractivity contribution is 0.486. The van der Waals surface area contributed by atoms with Gasteiger partial charge in [0.2, 0.25) is 0 Å². The van der Waals surface area contributed by atoms with Crippen molar-refractivity contribution in [3.05, 3.63) is 64.2 Å². The Balaban J connectivity index is 1.73. The molecule has 3 aliphatic rings. The van der Waals surface area contributed by atoms with Gasteiger partial charge in [-0.3, -0.25) is 9.98 Å². The van der Waals surface area contributed by atoms with Crippen molar-refractivity contribution in [3.8, 4) is 0 Å². The standard InChI is InChI=1S/C24H26N4/c1-14-19-7-5-16(25-19)11-18-13-24(3,4)23(27-18)12-17-6-8-20(26-17)15(2)22-10-9-21(14)28-22/h5-10,12,16,26,28H,11,13H2,1-4H3. The quantitative estimate of drug-likeness (QED) is 0.710. The molecular formula is C24H26N4. The summed E-state index contributed by atoms with van der Waals surface area (Å²) in [5, 5.41) is 2.25. The molecule has 0 saturated carbocycles. The van der Waals surface area contributed by atoms with Crippen LogP contribution in [-0.4, -0.2) is 27.4 Å². The van der Waals surface area contributed by atoms with Crippen LogP contribution in [-0.2, 0) is 0 Å². The summed E-state index contributed by atoms with van der Waals surface area (Å²) in [6, 6.07) is 8.78. The van der Waals surface area contributed by atoms with Gasteiger partial charge in [-0.05, 0) is 67.8 Å². The molecule has 0 spiro atoms. The van der Waals surface area contributed by atoms with Crippen molar-refractivity contribution in [1.29, 1.82) is 0 Å². The smallest absolute Gasteiger partial charge is 0.0743 e. The highest BCUT2D eigenvalue weighted by molar-refractivity contribution is 6.24. The molecule has 2 aromatic rings. The molecule has 28 heavy (non-hydrogen) atoms. The lowest BCUT2D eigenvalue weighted by atomic mass is 9.85. The third kappa shape index (κ3) is 2.84. The molecule has 0 aliphatic carbocycles. The third-order valence-electron chi connectivity index (χ3n) is 6.13. The fraction of sp³-hybridized carbons (Fsp3) is 0.333. The molecule has 4 heteroatoms. The molecule has 2 N–H and O–H groups in total. The van der Waals surface area contributed by atoms with Crippen molar-refractivity contribution in [2.75, 3.05) is 0 Å². The molecule has 4 nitrogen and oxygen atoms in total. The van der Waals surface area contributed by atoms with Gasteiger partial charge in [-0.1, -0.05) is 19.9 Å². The van der Waals surface area contributed by atoms with E-state index in [9.17, 15) is 0 Å². The van der Waals surface area contributed by atoms with Crippen LogP contribution in [0.25, 0.3) is 17.2 Å². The largest absolute Gasteiger partial charge is 0.355 e. The van der Waals surface area contributed by atoms with Crippen LogP contribution in [0.2, 0.25) is 0 Å². The normalized spacial score (nSPS) is 23.0. The second-order valence-electron chi connectivity index (χ2n) is 8.78. The number of allylic oxidation sites excluding steroid dienone is 2. The summed E-state index contributed by atoms with van der Waals surface area (Å²) in [6.07, 6.45) is 8.46. The van der Waals surface area contributed by atoms with Crippen LogP contribution in [0.1, 0.15) is 51.9 Å². The summed E-state index contributed by atoms with van der Waals surface area (Å²) in [7, 11) is 0. The number of aromatic nitrogens is 2. The fourth-order valence-corrected chi connectivity index (χ4v) is 4.33. The average molecular weight is 371 g/mol. The highest BCUT2D eigenvalue weighted by Crippen LogP contribution is 2.40. The van der Waals surface area contributed by atoms with Crippen molar-refractivity contribution in [3.63, 3.8) is 0 Å². The molecule has 0 aromatic carbocycles. The van der Waals surface area contributed by atoms with Crippen LogP contribution < -0.4 is 10.7 Å². The van der Waals surface area contributed by atoms with E-state index in [0.29, 0.717) is 0 Å². The zero-order valence-corrected chi connectivity index (χ0v) is 16.9. The van der Waals surface area contributed by atoms with E-state index >= 15 is 0 Å². The van der Waals surface area contributed by atoms with Gasteiger partial charge in [-0.25, -0.2) is 0 Å². The van der Waals surface area contributed by atoms with E-state index in [1.807, 2.05) is 0 Å². The number of hydrogen-bond acceptors (Lipinski definition) is 2. The number of nitrogens with zero attached hydrogens (tertiary/aromatic N) is 2. The topological polar surface area (TPSA) is 56.3 Å². The van der Waals surface area contributed by atoms with E-state index in [1.54, 1.807) is 0 Å². The molecule has 142 valence electrons. The Bertz CT molecular complexity index is 1210. The minimum atomic E-state index is 0.0538. The molecule has 0 fully saturated rings. The SMILES string of the molecule is CC1=c2ccc([nH]2)=C(C)c2ccc([nH]2)C=C2N=C(CC3C=CC1=N3)CC2(C)C. The number of fused-ring (bicyclic) bond motifs is 6. The van der Waals surface area contributed by atoms with Gasteiger partial charge in [0.1, 0.15) is 0 Å². The van der Waals surface area contributed by atoms with Crippen LogP contribution in [0.4, 0.5) is 0 Å². The minimum Gasteiger partial charge on any atom is -0.355 e. The van der Waals surface area contributed by atoms with Gasteiger partial charge < -0.3 is 9.97 Å². The first-order valence-corrected chi connectivity index (χ1v) is 10.0. The van der Waals surface area contributed by atoms with Crippen molar-refractivity contribution in [1.82, 2.24) is 9.97 Å². The Kier molecular flexibility index (Phi) is 3.73.